The molecule has 0 atom stereocenters. The molecule has 3 nitrogen and oxygen atoms in total. The third-order valence-corrected chi connectivity index (χ3v) is 2.06. The van der Waals surface area contributed by atoms with E-state index < -0.39 is 0 Å². The maximum absolute atomic E-state index is 5.52. The number of hydrogen-bond acceptors (Lipinski definition) is 3. The standard InChI is InChI=1S/C12H13NO2/c1-3-14-11-9(2)15-12(13-11)10-7-5-4-6-8-10/h4-8H,3H2,1-2H3. The lowest BCUT2D eigenvalue weighted by atomic mass is 10.2. The third-order valence-electron chi connectivity index (χ3n) is 2.06. The second kappa shape index (κ2) is 4.17. The van der Waals surface area contributed by atoms with Crippen LogP contribution in [0, 0.1) is 6.92 Å². The van der Waals surface area contributed by atoms with Crippen LogP contribution < -0.4 is 4.74 Å². The number of nitrogens with zero attached hydrogens (tertiary/aromatic N) is 1. The Morgan fingerprint density at radius 1 is 1.27 bits per heavy atom. The largest absolute Gasteiger partial charge is 0.475 e. The van der Waals surface area contributed by atoms with E-state index in [9.17, 15) is 0 Å². The van der Waals surface area contributed by atoms with Gasteiger partial charge in [-0.1, -0.05) is 18.2 Å². The van der Waals surface area contributed by atoms with E-state index in [2.05, 4.69) is 4.98 Å². The van der Waals surface area contributed by atoms with Crippen LogP contribution >= 0.6 is 0 Å². The summed E-state index contributed by atoms with van der Waals surface area (Å²) in [7, 11) is 0. The van der Waals surface area contributed by atoms with E-state index in [1.54, 1.807) is 0 Å². The van der Waals surface area contributed by atoms with Crippen molar-refractivity contribution in [2.24, 2.45) is 0 Å². The molecule has 0 bridgehead atoms. The van der Waals surface area contributed by atoms with Gasteiger partial charge in [0.2, 0.25) is 5.89 Å². The minimum absolute atomic E-state index is 0.580. The Morgan fingerprint density at radius 3 is 2.67 bits per heavy atom. The predicted molar refractivity (Wildman–Crippen MR) is 57.8 cm³/mol. The normalized spacial score (nSPS) is 10.3. The zero-order valence-electron chi connectivity index (χ0n) is 8.86. The minimum Gasteiger partial charge on any atom is -0.475 e. The van der Waals surface area contributed by atoms with Crippen molar-refractivity contribution in [1.29, 1.82) is 0 Å². The molecule has 0 saturated heterocycles. The fraction of sp³-hybridized carbons (Fsp3) is 0.250. The van der Waals surface area contributed by atoms with Crippen LogP contribution in [0.3, 0.4) is 0 Å². The van der Waals surface area contributed by atoms with Crippen LogP contribution in [-0.4, -0.2) is 11.6 Å². The number of benzene rings is 1. The van der Waals surface area contributed by atoms with Gasteiger partial charge in [-0.15, -0.1) is 0 Å². The molecule has 3 heteroatoms. The summed E-state index contributed by atoms with van der Waals surface area (Å²) in [6.45, 7) is 4.38. The lowest BCUT2D eigenvalue weighted by Crippen LogP contribution is -1.92. The Morgan fingerprint density at radius 2 is 2.00 bits per heavy atom. The zero-order valence-corrected chi connectivity index (χ0v) is 8.86. The van der Waals surface area contributed by atoms with Gasteiger partial charge in [0.15, 0.2) is 5.76 Å². The van der Waals surface area contributed by atoms with Crippen molar-refractivity contribution in [3.05, 3.63) is 36.1 Å². The van der Waals surface area contributed by atoms with Gasteiger partial charge in [-0.2, -0.15) is 4.98 Å². The monoisotopic (exact) mass is 203 g/mol. The Balaban J connectivity index is 2.34. The number of hydrogen-bond donors (Lipinski definition) is 0. The highest BCUT2D eigenvalue weighted by molar-refractivity contribution is 5.53. The van der Waals surface area contributed by atoms with Gasteiger partial charge in [0.25, 0.3) is 5.88 Å². The molecule has 1 heterocycles. The maximum Gasteiger partial charge on any atom is 0.256 e. The molecular formula is C12H13NO2. The van der Waals surface area contributed by atoms with Crippen molar-refractivity contribution in [3.63, 3.8) is 0 Å². The average molecular weight is 203 g/mol. The number of rotatable bonds is 3. The Labute approximate surface area is 88.7 Å². The fourth-order valence-electron chi connectivity index (χ4n) is 1.36. The first-order chi connectivity index (χ1) is 7.31. The molecule has 1 aromatic carbocycles. The van der Waals surface area contributed by atoms with Crippen molar-refractivity contribution in [3.8, 4) is 17.3 Å². The van der Waals surface area contributed by atoms with Crippen molar-refractivity contribution < 1.29 is 9.15 Å². The zero-order chi connectivity index (χ0) is 10.7. The molecule has 0 fully saturated rings. The van der Waals surface area contributed by atoms with E-state index in [0.717, 1.165) is 11.3 Å². The van der Waals surface area contributed by atoms with E-state index in [1.807, 2.05) is 44.2 Å². The molecule has 0 radical (unpaired) electrons. The first-order valence-corrected chi connectivity index (χ1v) is 4.97. The first-order valence-electron chi connectivity index (χ1n) is 4.97. The average Bonchev–Trinajstić information content (AvgIpc) is 2.63. The van der Waals surface area contributed by atoms with Crippen LogP contribution in [-0.2, 0) is 0 Å². The van der Waals surface area contributed by atoms with Crippen molar-refractivity contribution in [2.75, 3.05) is 6.61 Å². The smallest absolute Gasteiger partial charge is 0.256 e. The van der Waals surface area contributed by atoms with Gasteiger partial charge in [-0.05, 0) is 26.0 Å². The molecule has 0 N–H and O–H groups in total. The highest BCUT2D eigenvalue weighted by atomic mass is 16.5. The summed E-state index contributed by atoms with van der Waals surface area (Å²) in [6, 6.07) is 9.79. The van der Waals surface area contributed by atoms with Gasteiger partial charge in [-0.25, -0.2) is 0 Å². The summed E-state index contributed by atoms with van der Waals surface area (Å²) in [5.74, 6) is 1.91. The molecule has 1 aromatic heterocycles. The van der Waals surface area contributed by atoms with E-state index in [-0.39, 0.29) is 0 Å². The molecular weight excluding hydrogens is 190 g/mol. The molecule has 0 aliphatic carbocycles. The third kappa shape index (κ3) is 2.01. The quantitative estimate of drug-likeness (QED) is 0.769. The lowest BCUT2D eigenvalue weighted by molar-refractivity contribution is 0.321. The van der Waals surface area contributed by atoms with Gasteiger partial charge < -0.3 is 9.15 Å². The van der Waals surface area contributed by atoms with Gasteiger partial charge in [0.1, 0.15) is 0 Å². The second-order valence-electron chi connectivity index (χ2n) is 3.18. The lowest BCUT2D eigenvalue weighted by Gasteiger charge is -1.95. The van der Waals surface area contributed by atoms with Crippen molar-refractivity contribution >= 4 is 0 Å². The molecule has 0 aliphatic heterocycles. The Bertz CT molecular complexity index is 434. The molecule has 15 heavy (non-hydrogen) atoms. The van der Waals surface area contributed by atoms with Crippen LogP contribution in [0.4, 0.5) is 0 Å². The van der Waals surface area contributed by atoms with Gasteiger partial charge >= 0.3 is 0 Å². The van der Waals surface area contributed by atoms with Gasteiger partial charge in [0.05, 0.1) is 6.61 Å². The molecule has 2 rings (SSSR count). The highest BCUT2D eigenvalue weighted by Crippen LogP contribution is 2.25. The van der Waals surface area contributed by atoms with Crippen LogP contribution in [0.1, 0.15) is 12.7 Å². The summed E-state index contributed by atoms with van der Waals surface area (Å²) in [5, 5.41) is 0. The van der Waals surface area contributed by atoms with Crippen LogP contribution in [0.5, 0.6) is 5.88 Å². The van der Waals surface area contributed by atoms with Crippen LogP contribution in [0.15, 0.2) is 34.7 Å². The van der Waals surface area contributed by atoms with Crippen molar-refractivity contribution in [1.82, 2.24) is 4.98 Å². The molecule has 0 amide bonds. The van der Waals surface area contributed by atoms with Crippen LogP contribution in [0.25, 0.3) is 11.5 Å². The van der Waals surface area contributed by atoms with E-state index in [4.69, 9.17) is 9.15 Å². The number of oxazole rings is 1. The minimum atomic E-state index is 0.580. The summed E-state index contributed by atoms with van der Waals surface area (Å²) in [6.07, 6.45) is 0. The van der Waals surface area contributed by atoms with E-state index in [0.29, 0.717) is 18.4 Å². The number of aromatic nitrogens is 1. The van der Waals surface area contributed by atoms with E-state index >= 15 is 0 Å². The predicted octanol–water partition coefficient (Wildman–Crippen LogP) is 3.05. The maximum atomic E-state index is 5.52. The molecule has 0 spiro atoms. The summed E-state index contributed by atoms with van der Waals surface area (Å²) in [5.41, 5.74) is 0.964. The Kier molecular flexibility index (Phi) is 2.72. The topological polar surface area (TPSA) is 35.3 Å². The SMILES string of the molecule is CCOc1nc(-c2ccccc2)oc1C. The molecule has 0 aliphatic rings. The molecule has 0 saturated carbocycles. The van der Waals surface area contributed by atoms with E-state index in [1.165, 1.54) is 0 Å². The summed E-state index contributed by atoms with van der Waals surface area (Å²) in [4.78, 5) is 4.28. The van der Waals surface area contributed by atoms with Crippen LogP contribution in [0.2, 0.25) is 0 Å². The molecule has 2 aromatic rings. The second-order valence-corrected chi connectivity index (χ2v) is 3.18. The summed E-state index contributed by atoms with van der Waals surface area (Å²) < 4.78 is 10.9. The van der Waals surface area contributed by atoms with Crippen molar-refractivity contribution in [2.45, 2.75) is 13.8 Å². The fourth-order valence-corrected chi connectivity index (χ4v) is 1.36. The highest BCUT2D eigenvalue weighted by Gasteiger charge is 2.11. The summed E-state index contributed by atoms with van der Waals surface area (Å²) >= 11 is 0. The molecule has 0 unspecified atom stereocenters. The Hall–Kier alpha value is -1.77. The van der Waals surface area contributed by atoms with Gasteiger partial charge in [0, 0.05) is 5.56 Å². The number of aryl methyl sites for hydroxylation is 1. The number of ether oxygens (including phenoxy) is 1. The van der Waals surface area contributed by atoms with Gasteiger partial charge in [-0.3, -0.25) is 0 Å². The first kappa shape index (κ1) is 9.77. The molecule has 78 valence electrons.